The largest absolute Gasteiger partial charge is 0.481 e. The van der Waals surface area contributed by atoms with E-state index in [2.05, 4.69) is 0 Å². The molecule has 0 aromatic heterocycles. The minimum Gasteiger partial charge on any atom is -0.481 e. The highest BCUT2D eigenvalue weighted by molar-refractivity contribution is 5.80. The first kappa shape index (κ1) is 15.0. The Bertz CT molecular complexity index is 460. The fourth-order valence-electron chi connectivity index (χ4n) is 2.08. The predicted molar refractivity (Wildman–Crippen MR) is 73.7 cm³/mol. The van der Waals surface area contributed by atoms with Crippen LogP contribution in [0.4, 0.5) is 5.69 Å². The van der Waals surface area contributed by atoms with Crippen LogP contribution >= 0.6 is 0 Å². The fraction of sp³-hybridized carbons (Fsp3) is 0.429. The minimum absolute atomic E-state index is 0.0451. The van der Waals surface area contributed by atoms with Crippen LogP contribution < -0.4 is 5.73 Å². The molecule has 0 saturated heterocycles. The van der Waals surface area contributed by atoms with E-state index in [9.17, 15) is 9.59 Å². The van der Waals surface area contributed by atoms with E-state index in [1.165, 1.54) is 0 Å². The quantitative estimate of drug-likeness (QED) is 0.763. The molecule has 0 radical (unpaired) electrons. The van der Waals surface area contributed by atoms with Gasteiger partial charge >= 0.3 is 5.97 Å². The van der Waals surface area contributed by atoms with Crippen LogP contribution in [0.25, 0.3) is 0 Å². The fourth-order valence-corrected chi connectivity index (χ4v) is 2.08. The Morgan fingerprint density at radius 1 is 1.42 bits per heavy atom. The van der Waals surface area contributed by atoms with Gasteiger partial charge in [-0.2, -0.15) is 0 Å². The number of rotatable bonds is 6. The van der Waals surface area contributed by atoms with Gasteiger partial charge in [0.1, 0.15) is 0 Å². The van der Waals surface area contributed by atoms with Crippen LogP contribution in [-0.4, -0.2) is 34.5 Å². The minimum atomic E-state index is -0.900. The number of aliphatic carboxylic acids is 1. The number of anilines is 1. The number of hydrogen-bond donors (Lipinski definition) is 2. The Balaban J connectivity index is 2.71. The number of likely N-dealkylation sites (N-methyl/N-ethyl adjacent to an activating group) is 1. The Morgan fingerprint density at radius 2 is 2.11 bits per heavy atom. The van der Waals surface area contributed by atoms with E-state index in [0.717, 1.165) is 5.56 Å². The SMILES string of the molecule is CCN(C(=O)Cc1cccc(N)c1)C(C)CC(=O)O. The molecule has 0 spiro atoms. The first-order valence-electron chi connectivity index (χ1n) is 6.29. The highest BCUT2D eigenvalue weighted by atomic mass is 16.4. The number of nitrogens with two attached hydrogens (primary N) is 1. The molecule has 0 heterocycles. The maximum Gasteiger partial charge on any atom is 0.305 e. The lowest BCUT2D eigenvalue weighted by molar-refractivity contribution is -0.140. The molecule has 1 unspecified atom stereocenters. The first-order chi connectivity index (χ1) is 8.93. The zero-order valence-corrected chi connectivity index (χ0v) is 11.3. The van der Waals surface area contributed by atoms with Crippen LogP contribution in [0.15, 0.2) is 24.3 Å². The molecule has 5 heteroatoms. The van der Waals surface area contributed by atoms with Crippen molar-refractivity contribution in [1.29, 1.82) is 0 Å². The number of amides is 1. The number of carboxylic acid groups (broad SMARTS) is 1. The van der Waals surface area contributed by atoms with Crippen LogP contribution in [0.1, 0.15) is 25.8 Å². The zero-order chi connectivity index (χ0) is 14.4. The molecule has 19 heavy (non-hydrogen) atoms. The molecule has 0 fully saturated rings. The summed E-state index contributed by atoms with van der Waals surface area (Å²) in [6.07, 6.45) is 0.194. The molecule has 0 saturated carbocycles. The Kier molecular flexibility index (Phi) is 5.36. The van der Waals surface area contributed by atoms with E-state index in [1.807, 2.05) is 13.0 Å². The molecule has 0 bridgehead atoms. The van der Waals surface area contributed by atoms with Gasteiger partial charge in [0.15, 0.2) is 0 Å². The second-order valence-electron chi connectivity index (χ2n) is 4.55. The van der Waals surface area contributed by atoms with Gasteiger partial charge in [-0.05, 0) is 31.5 Å². The third kappa shape index (κ3) is 4.62. The lowest BCUT2D eigenvalue weighted by Gasteiger charge is -2.27. The number of carbonyl (C=O) groups excluding carboxylic acids is 1. The Hall–Kier alpha value is -2.04. The summed E-state index contributed by atoms with van der Waals surface area (Å²) in [5.74, 6) is -0.982. The maximum absolute atomic E-state index is 12.2. The van der Waals surface area contributed by atoms with Gasteiger partial charge in [-0.25, -0.2) is 0 Å². The normalized spacial score (nSPS) is 11.9. The number of carbonyl (C=O) groups is 2. The van der Waals surface area contributed by atoms with E-state index >= 15 is 0 Å². The third-order valence-corrected chi connectivity index (χ3v) is 2.97. The van der Waals surface area contributed by atoms with Crippen LogP contribution in [0.3, 0.4) is 0 Å². The monoisotopic (exact) mass is 264 g/mol. The van der Waals surface area contributed by atoms with Gasteiger partial charge in [0.2, 0.25) is 5.91 Å². The van der Waals surface area contributed by atoms with Crippen LogP contribution in [0.5, 0.6) is 0 Å². The van der Waals surface area contributed by atoms with Crippen molar-refractivity contribution >= 4 is 17.6 Å². The highest BCUT2D eigenvalue weighted by Gasteiger charge is 2.20. The Morgan fingerprint density at radius 3 is 2.63 bits per heavy atom. The number of nitrogen functional groups attached to an aromatic ring is 1. The molecular formula is C14H20N2O3. The van der Waals surface area contributed by atoms with Crippen molar-refractivity contribution in [2.45, 2.75) is 32.7 Å². The van der Waals surface area contributed by atoms with E-state index in [0.29, 0.717) is 12.2 Å². The Labute approximate surface area is 113 Å². The van der Waals surface area contributed by atoms with Crippen molar-refractivity contribution in [2.75, 3.05) is 12.3 Å². The molecule has 3 N–H and O–H groups in total. The van der Waals surface area contributed by atoms with Crippen LogP contribution in [0.2, 0.25) is 0 Å². The van der Waals surface area contributed by atoms with Crippen molar-refractivity contribution in [1.82, 2.24) is 4.90 Å². The van der Waals surface area contributed by atoms with Crippen molar-refractivity contribution in [3.05, 3.63) is 29.8 Å². The predicted octanol–water partition coefficient (Wildman–Crippen LogP) is 1.52. The van der Waals surface area contributed by atoms with Crippen LogP contribution in [-0.2, 0) is 16.0 Å². The summed E-state index contributed by atoms with van der Waals surface area (Å²) in [5, 5.41) is 8.78. The molecular weight excluding hydrogens is 244 g/mol. The molecule has 1 atom stereocenters. The van der Waals surface area contributed by atoms with Crippen molar-refractivity contribution in [2.24, 2.45) is 0 Å². The topological polar surface area (TPSA) is 83.6 Å². The molecule has 104 valence electrons. The van der Waals surface area contributed by atoms with Gasteiger partial charge in [-0.1, -0.05) is 12.1 Å². The molecule has 1 rings (SSSR count). The van der Waals surface area contributed by atoms with Gasteiger partial charge in [0.25, 0.3) is 0 Å². The number of carboxylic acids is 1. The van der Waals surface area contributed by atoms with Crippen LogP contribution in [0, 0.1) is 0 Å². The smallest absolute Gasteiger partial charge is 0.305 e. The average molecular weight is 264 g/mol. The van der Waals surface area contributed by atoms with E-state index in [1.54, 1.807) is 30.0 Å². The molecule has 0 aliphatic heterocycles. The summed E-state index contributed by atoms with van der Waals surface area (Å²) in [5.41, 5.74) is 7.12. The van der Waals surface area contributed by atoms with Gasteiger partial charge in [-0.15, -0.1) is 0 Å². The highest BCUT2D eigenvalue weighted by Crippen LogP contribution is 2.11. The lowest BCUT2D eigenvalue weighted by atomic mass is 10.1. The molecule has 5 nitrogen and oxygen atoms in total. The summed E-state index contributed by atoms with van der Waals surface area (Å²) < 4.78 is 0. The summed E-state index contributed by atoms with van der Waals surface area (Å²) in [6.45, 7) is 4.08. The molecule has 1 amide bonds. The average Bonchev–Trinajstić information content (AvgIpc) is 2.28. The zero-order valence-electron chi connectivity index (χ0n) is 11.3. The summed E-state index contributed by atoms with van der Waals surface area (Å²) in [6, 6.07) is 6.85. The van der Waals surface area contributed by atoms with Crippen molar-refractivity contribution in [3.63, 3.8) is 0 Å². The van der Waals surface area contributed by atoms with Gasteiger partial charge in [0, 0.05) is 18.3 Å². The summed E-state index contributed by atoms with van der Waals surface area (Å²) in [7, 11) is 0. The standard InChI is InChI=1S/C14H20N2O3/c1-3-16(10(2)7-14(18)19)13(17)9-11-5-4-6-12(15)8-11/h4-6,8,10H,3,7,9,15H2,1-2H3,(H,18,19). The maximum atomic E-state index is 12.2. The van der Waals surface area contributed by atoms with E-state index in [-0.39, 0.29) is 24.8 Å². The number of benzene rings is 1. The number of nitrogens with zero attached hydrogens (tertiary/aromatic N) is 1. The van der Waals surface area contributed by atoms with Crippen molar-refractivity contribution < 1.29 is 14.7 Å². The van der Waals surface area contributed by atoms with Gasteiger partial charge in [-0.3, -0.25) is 9.59 Å². The second kappa shape index (κ2) is 6.78. The van der Waals surface area contributed by atoms with E-state index in [4.69, 9.17) is 10.8 Å². The summed E-state index contributed by atoms with van der Waals surface area (Å²) in [4.78, 5) is 24.5. The van der Waals surface area contributed by atoms with Crippen molar-refractivity contribution in [3.8, 4) is 0 Å². The molecule has 0 aliphatic rings. The molecule has 0 aliphatic carbocycles. The van der Waals surface area contributed by atoms with E-state index < -0.39 is 5.97 Å². The van der Waals surface area contributed by atoms with Gasteiger partial charge in [0.05, 0.1) is 12.8 Å². The first-order valence-corrected chi connectivity index (χ1v) is 6.29. The molecule has 1 aromatic carbocycles. The second-order valence-corrected chi connectivity index (χ2v) is 4.55. The lowest BCUT2D eigenvalue weighted by Crippen LogP contribution is -2.40. The third-order valence-electron chi connectivity index (χ3n) is 2.97. The summed E-state index contributed by atoms with van der Waals surface area (Å²) >= 11 is 0. The molecule has 1 aromatic rings. The van der Waals surface area contributed by atoms with Gasteiger partial charge < -0.3 is 15.7 Å². The number of hydrogen-bond acceptors (Lipinski definition) is 3.